The lowest BCUT2D eigenvalue weighted by atomic mass is 10.2. The Bertz CT molecular complexity index is 1150. The van der Waals surface area contributed by atoms with Crippen molar-refractivity contribution in [2.24, 2.45) is 0 Å². The summed E-state index contributed by atoms with van der Waals surface area (Å²) in [4.78, 5) is 12.7. The number of amides is 1. The van der Waals surface area contributed by atoms with E-state index in [-0.39, 0.29) is 5.91 Å². The molecule has 0 aromatic heterocycles. The van der Waals surface area contributed by atoms with Gasteiger partial charge >= 0.3 is 0 Å². The first-order valence-corrected chi connectivity index (χ1v) is 12.1. The van der Waals surface area contributed by atoms with Crippen molar-refractivity contribution in [3.8, 4) is 6.07 Å². The second-order valence-corrected chi connectivity index (χ2v) is 10.5. The van der Waals surface area contributed by atoms with E-state index in [0.29, 0.717) is 10.9 Å². The van der Waals surface area contributed by atoms with Crippen molar-refractivity contribution < 1.29 is 4.79 Å². The van der Waals surface area contributed by atoms with Crippen molar-refractivity contribution in [2.75, 3.05) is 0 Å². The molecule has 0 bridgehead atoms. The van der Waals surface area contributed by atoms with Crippen LogP contribution in [-0.4, -0.2) is 5.91 Å². The molecule has 0 aliphatic rings. The first-order chi connectivity index (χ1) is 15.8. The van der Waals surface area contributed by atoms with Crippen LogP contribution in [0.25, 0.3) is 0 Å². The Hall–Kier alpha value is -3.99. The lowest BCUT2D eigenvalue weighted by Gasteiger charge is -2.26. The Morgan fingerprint density at radius 2 is 1.03 bits per heavy atom. The van der Waals surface area contributed by atoms with E-state index in [1.807, 2.05) is 72.8 Å². The maximum absolute atomic E-state index is 12.7. The van der Waals surface area contributed by atoms with Crippen LogP contribution in [0.1, 0.15) is 10.4 Å². The molecule has 4 aromatic carbocycles. The van der Waals surface area contributed by atoms with Crippen molar-refractivity contribution in [1.29, 1.82) is 5.26 Å². The maximum atomic E-state index is 12.7. The normalized spacial score (nSPS) is 11.4. The predicted octanol–water partition coefficient (Wildman–Crippen LogP) is 4.78. The third-order valence-corrected chi connectivity index (χ3v) is 9.45. The number of hydrogen-bond donors (Lipinski definition) is 1. The molecular formula is C28H22N2OP+. The van der Waals surface area contributed by atoms with E-state index in [1.165, 1.54) is 0 Å². The molecule has 0 saturated carbocycles. The van der Waals surface area contributed by atoms with Gasteiger partial charge in [-0.15, -0.1) is 0 Å². The van der Waals surface area contributed by atoms with Crippen molar-refractivity contribution in [2.45, 2.75) is 0 Å². The highest BCUT2D eigenvalue weighted by Gasteiger charge is 2.50. The molecule has 32 heavy (non-hydrogen) atoms. The van der Waals surface area contributed by atoms with Crippen LogP contribution in [0.15, 0.2) is 133 Å². The lowest BCUT2D eigenvalue weighted by molar-refractivity contribution is 0.0970. The third kappa shape index (κ3) is 4.10. The molecule has 1 N–H and O–H groups in total. The molecule has 0 atom stereocenters. The fourth-order valence-corrected chi connectivity index (χ4v) is 7.83. The van der Waals surface area contributed by atoms with Gasteiger partial charge in [-0.2, -0.15) is 5.26 Å². The Labute approximate surface area is 189 Å². The fraction of sp³-hybridized carbons (Fsp3) is 0. The molecule has 1 amide bonds. The van der Waals surface area contributed by atoms with Gasteiger partial charge in [0.2, 0.25) is 5.31 Å². The molecule has 0 radical (unpaired) electrons. The van der Waals surface area contributed by atoms with Crippen LogP contribution in [0.2, 0.25) is 0 Å². The van der Waals surface area contributed by atoms with Gasteiger partial charge in [0, 0.05) is 5.56 Å². The zero-order chi connectivity index (χ0) is 22.2. The molecule has 4 rings (SSSR count). The fourth-order valence-electron chi connectivity index (χ4n) is 3.83. The second-order valence-electron chi connectivity index (χ2n) is 7.16. The number of nitriles is 1. The Morgan fingerprint density at radius 1 is 0.656 bits per heavy atom. The third-order valence-electron chi connectivity index (χ3n) is 5.28. The van der Waals surface area contributed by atoms with Gasteiger partial charge in [0.05, 0.1) is 6.20 Å². The monoisotopic (exact) mass is 433 g/mol. The van der Waals surface area contributed by atoms with E-state index in [2.05, 4.69) is 47.8 Å². The van der Waals surface area contributed by atoms with Gasteiger partial charge in [-0.05, 0) is 48.5 Å². The Balaban J connectivity index is 1.94. The number of allylic oxidation sites excluding steroid dienone is 1. The first-order valence-electron chi connectivity index (χ1n) is 10.3. The van der Waals surface area contributed by atoms with E-state index >= 15 is 0 Å². The molecule has 4 heteroatoms. The Morgan fingerprint density at radius 3 is 1.41 bits per heavy atom. The highest BCUT2D eigenvalue weighted by molar-refractivity contribution is 7.99. The quantitative estimate of drug-likeness (QED) is 0.352. The van der Waals surface area contributed by atoms with Gasteiger partial charge in [-0.25, -0.2) is 0 Å². The van der Waals surface area contributed by atoms with Crippen LogP contribution in [0, 0.1) is 11.3 Å². The topological polar surface area (TPSA) is 52.9 Å². The molecule has 154 valence electrons. The van der Waals surface area contributed by atoms with Gasteiger partial charge in [0.25, 0.3) is 5.91 Å². The minimum atomic E-state index is -2.53. The smallest absolute Gasteiger partial charge is 0.255 e. The molecule has 0 aliphatic heterocycles. The average Bonchev–Trinajstić information content (AvgIpc) is 2.88. The molecule has 0 aliphatic carbocycles. The second kappa shape index (κ2) is 9.88. The van der Waals surface area contributed by atoms with Crippen LogP contribution in [0.4, 0.5) is 0 Å². The predicted molar refractivity (Wildman–Crippen MR) is 133 cm³/mol. The maximum Gasteiger partial charge on any atom is 0.255 e. The van der Waals surface area contributed by atoms with Crippen LogP contribution < -0.4 is 21.2 Å². The summed E-state index contributed by atoms with van der Waals surface area (Å²) >= 11 is 0. The summed E-state index contributed by atoms with van der Waals surface area (Å²) in [5.41, 5.74) is 0.545. The summed E-state index contributed by atoms with van der Waals surface area (Å²) in [5, 5.41) is 17.0. The van der Waals surface area contributed by atoms with Gasteiger partial charge in [-0.3, -0.25) is 4.79 Å². The molecule has 0 fully saturated rings. The summed E-state index contributed by atoms with van der Waals surface area (Å²) in [6.45, 7) is 0. The van der Waals surface area contributed by atoms with Gasteiger partial charge in [-0.1, -0.05) is 72.8 Å². The zero-order valence-corrected chi connectivity index (χ0v) is 18.3. The summed E-state index contributed by atoms with van der Waals surface area (Å²) in [7, 11) is -2.53. The number of carbonyl (C=O) groups is 1. The number of nitrogens with zero attached hydrogens (tertiary/aromatic N) is 1. The van der Waals surface area contributed by atoms with E-state index in [9.17, 15) is 10.1 Å². The summed E-state index contributed by atoms with van der Waals surface area (Å²) < 4.78 is 0. The SMILES string of the molecule is N#C/C(=C\NC(=O)c1ccccc1)[P+](c1ccccc1)(c1ccccc1)c1ccccc1. The molecule has 4 aromatic rings. The van der Waals surface area contributed by atoms with Crippen LogP contribution >= 0.6 is 7.26 Å². The number of carbonyl (C=O) groups excluding carboxylic acids is 1. The van der Waals surface area contributed by atoms with Crippen LogP contribution in [0.3, 0.4) is 0 Å². The van der Waals surface area contributed by atoms with E-state index in [1.54, 1.807) is 18.3 Å². The van der Waals surface area contributed by atoms with Crippen LogP contribution in [0.5, 0.6) is 0 Å². The first kappa shape index (κ1) is 21.2. The highest BCUT2D eigenvalue weighted by Crippen LogP contribution is 2.61. The van der Waals surface area contributed by atoms with Crippen molar-refractivity contribution in [1.82, 2.24) is 5.32 Å². The zero-order valence-electron chi connectivity index (χ0n) is 17.4. The number of hydrogen-bond acceptors (Lipinski definition) is 2. The minimum absolute atomic E-state index is 0.245. The van der Waals surface area contributed by atoms with Gasteiger partial charge in [0.15, 0.2) is 7.26 Å². The number of benzene rings is 4. The summed E-state index contributed by atoms with van der Waals surface area (Å²) in [6, 6.07) is 41.7. The lowest BCUT2D eigenvalue weighted by Crippen LogP contribution is -2.33. The molecule has 0 saturated heterocycles. The number of rotatable bonds is 6. The van der Waals surface area contributed by atoms with Crippen molar-refractivity contribution in [3.05, 3.63) is 138 Å². The van der Waals surface area contributed by atoms with E-state index < -0.39 is 7.26 Å². The highest BCUT2D eigenvalue weighted by atomic mass is 31.2. The Kier molecular flexibility index (Phi) is 6.56. The summed E-state index contributed by atoms with van der Waals surface area (Å²) in [5.74, 6) is -0.245. The molecule has 0 unspecified atom stereocenters. The van der Waals surface area contributed by atoms with Gasteiger partial charge < -0.3 is 5.32 Å². The average molecular weight is 433 g/mol. The largest absolute Gasteiger partial charge is 0.324 e. The standard InChI is InChI=1S/C28H21N2OP/c29-21-27(22-30-28(31)23-13-5-1-6-14-23)32(24-15-7-2-8-16-24,25-17-9-3-10-18-25)26-19-11-4-12-20-26/h1-20,22H/p+1/b27-22+. The molecular weight excluding hydrogens is 411 g/mol. The molecule has 0 heterocycles. The van der Waals surface area contributed by atoms with Crippen LogP contribution in [-0.2, 0) is 0 Å². The molecule has 0 spiro atoms. The van der Waals surface area contributed by atoms with E-state index in [4.69, 9.17) is 0 Å². The summed E-state index contributed by atoms with van der Waals surface area (Å²) in [6.07, 6.45) is 1.59. The van der Waals surface area contributed by atoms with E-state index in [0.717, 1.165) is 15.9 Å². The van der Waals surface area contributed by atoms with Crippen molar-refractivity contribution >= 4 is 29.1 Å². The molecule has 3 nitrogen and oxygen atoms in total. The number of nitrogens with one attached hydrogen (secondary N) is 1. The van der Waals surface area contributed by atoms with Gasteiger partial charge in [0.1, 0.15) is 22.0 Å². The van der Waals surface area contributed by atoms with Crippen molar-refractivity contribution in [3.63, 3.8) is 0 Å². The minimum Gasteiger partial charge on any atom is -0.324 e.